The van der Waals surface area contributed by atoms with Gasteiger partial charge in [0.1, 0.15) is 5.75 Å². The lowest BCUT2D eigenvalue weighted by Crippen LogP contribution is -2.09. The van der Waals surface area contributed by atoms with Crippen LogP contribution in [0.15, 0.2) is 24.3 Å². The van der Waals surface area contributed by atoms with Gasteiger partial charge in [0.05, 0.1) is 18.1 Å². The Balaban J connectivity index is 2.32. The topological polar surface area (TPSA) is 59.0 Å². The van der Waals surface area contributed by atoms with E-state index in [-0.39, 0.29) is 5.41 Å². The van der Waals surface area contributed by atoms with Crippen molar-refractivity contribution in [1.29, 1.82) is 5.26 Å². The molecule has 3 heteroatoms. The quantitative estimate of drug-likeness (QED) is 0.730. The maximum Gasteiger partial charge on any atom is 0.122 e. The van der Waals surface area contributed by atoms with Crippen LogP contribution in [-0.4, -0.2) is 13.2 Å². The Kier molecular flexibility index (Phi) is 6.38. The van der Waals surface area contributed by atoms with Crippen molar-refractivity contribution in [3.63, 3.8) is 0 Å². The fraction of sp³-hybridized carbons (Fsp3) is 0.562. The number of nitriles is 1. The summed E-state index contributed by atoms with van der Waals surface area (Å²) in [5.41, 5.74) is 6.53. The summed E-state index contributed by atoms with van der Waals surface area (Å²) in [6.07, 6.45) is 3.75. The molecule has 0 fully saturated rings. The first kappa shape index (κ1) is 15.5. The Labute approximate surface area is 116 Å². The number of nitrogens with zero attached hydrogens (tertiary/aromatic N) is 1. The molecule has 1 aromatic carbocycles. The highest BCUT2D eigenvalue weighted by molar-refractivity contribution is 5.33. The van der Waals surface area contributed by atoms with E-state index in [9.17, 15) is 0 Å². The molecule has 0 unspecified atom stereocenters. The molecule has 104 valence electrons. The molecular formula is C16H24N2O. The van der Waals surface area contributed by atoms with Crippen molar-refractivity contribution in [2.75, 3.05) is 13.2 Å². The summed E-state index contributed by atoms with van der Waals surface area (Å²) in [5.74, 6) is 0.937. The molecule has 1 rings (SSSR count). The lowest BCUT2D eigenvalue weighted by molar-refractivity contribution is 0.292. The summed E-state index contributed by atoms with van der Waals surface area (Å²) >= 11 is 0. The first-order chi connectivity index (χ1) is 9.09. The van der Waals surface area contributed by atoms with Gasteiger partial charge in [-0.05, 0) is 57.7 Å². The van der Waals surface area contributed by atoms with Crippen LogP contribution >= 0.6 is 0 Å². The summed E-state index contributed by atoms with van der Waals surface area (Å²) in [6, 6.07) is 10.4. The molecule has 0 radical (unpaired) electrons. The molecule has 0 amide bonds. The van der Waals surface area contributed by atoms with Crippen molar-refractivity contribution < 1.29 is 4.74 Å². The zero-order valence-electron chi connectivity index (χ0n) is 12.0. The molecule has 0 saturated heterocycles. The Bertz CT molecular complexity index is 421. The number of hydrogen-bond donors (Lipinski definition) is 1. The minimum absolute atomic E-state index is 0.225. The second kappa shape index (κ2) is 7.81. The molecule has 19 heavy (non-hydrogen) atoms. The average molecular weight is 260 g/mol. The van der Waals surface area contributed by atoms with E-state index in [1.165, 1.54) is 5.56 Å². The number of unbranched alkanes of at least 4 members (excludes halogenated alkanes) is 1. The lowest BCUT2D eigenvalue weighted by atomic mass is 9.89. The molecular weight excluding hydrogens is 236 g/mol. The summed E-state index contributed by atoms with van der Waals surface area (Å²) < 4.78 is 5.80. The van der Waals surface area contributed by atoms with Crippen LogP contribution in [-0.2, 0) is 6.42 Å². The van der Waals surface area contributed by atoms with Gasteiger partial charge in [-0.15, -0.1) is 0 Å². The zero-order chi connectivity index (χ0) is 14.1. The van der Waals surface area contributed by atoms with Crippen LogP contribution in [0, 0.1) is 16.7 Å². The van der Waals surface area contributed by atoms with Crippen LogP contribution in [0.2, 0.25) is 0 Å². The van der Waals surface area contributed by atoms with Crippen molar-refractivity contribution in [3.8, 4) is 11.8 Å². The number of ether oxygens (including phenoxy) is 1. The van der Waals surface area contributed by atoms with E-state index in [0.717, 1.165) is 31.4 Å². The molecule has 0 spiro atoms. The summed E-state index contributed by atoms with van der Waals surface area (Å²) in [7, 11) is 0. The third-order valence-corrected chi connectivity index (χ3v) is 3.14. The van der Waals surface area contributed by atoms with Crippen molar-refractivity contribution in [2.45, 2.75) is 39.5 Å². The van der Waals surface area contributed by atoms with Gasteiger partial charge in [-0.2, -0.15) is 5.26 Å². The Morgan fingerprint density at radius 2 is 2.00 bits per heavy atom. The molecule has 1 aromatic rings. The van der Waals surface area contributed by atoms with Gasteiger partial charge in [-0.3, -0.25) is 0 Å². The highest BCUT2D eigenvalue weighted by Crippen LogP contribution is 2.22. The second-order valence-electron chi connectivity index (χ2n) is 5.45. The van der Waals surface area contributed by atoms with Crippen LogP contribution in [0.3, 0.4) is 0 Å². The van der Waals surface area contributed by atoms with Gasteiger partial charge < -0.3 is 10.5 Å². The molecule has 0 bridgehead atoms. The van der Waals surface area contributed by atoms with Crippen LogP contribution in [0.4, 0.5) is 0 Å². The predicted octanol–water partition coefficient (Wildman–Crippen LogP) is 3.29. The number of hydrogen-bond acceptors (Lipinski definition) is 3. The molecule has 0 aliphatic carbocycles. The van der Waals surface area contributed by atoms with E-state index in [2.05, 4.69) is 12.1 Å². The van der Waals surface area contributed by atoms with Crippen molar-refractivity contribution >= 4 is 0 Å². The number of rotatable bonds is 8. The smallest absolute Gasteiger partial charge is 0.122 e. The molecule has 0 aliphatic heterocycles. The van der Waals surface area contributed by atoms with Crippen LogP contribution in [0.1, 0.15) is 38.7 Å². The molecule has 3 nitrogen and oxygen atoms in total. The van der Waals surface area contributed by atoms with Gasteiger partial charge >= 0.3 is 0 Å². The minimum atomic E-state index is -0.225. The van der Waals surface area contributed by atoms with Crippen LogP contribution < -0.4 is 10.5 Å². The van der Waals surface area contributed by atoms with Gasteiger partial charge in [0.15, 0.2) is 0 Å². The van der Waals surface area contributed by atoms with Gasteiger partial charge in [0, 0.05) is 0 Å². The highest BCUT2D eigenvalue weighted by atomic mass is 16.5. The number of benzene rings is 1. The van der Waals surface area contributed by atoms with Crippen molar-refractivity contribution in [1.82, 2.24) is 0 Å². The van der Waals surface area contributed by atoms with E-state index in [0.29, 0.717) is 13.2 Å². The fourth-order valence-electron chi connectivity index (χ4n) is 1.91. The van der Waals surface area contributed by atoms with Crippen LogP contribution in [0.25, 0.3) is 0 Å². The van der Waals surface area contributed by atoms with E-state index in [4.69, 9.17) is 15.7 Å². The summed E-state index contributed by atoms with van der Waals surface area (Å²) in [6.45, 7) is 5.29. The van der Waals surface area contributed by atoms with Gasteiger partial charge in [0.2, 0.25) is 0 Å². The predicted molar refractivity (Wildman–Crippen MR) is 77.9 cm³/mol. The first-order valence-electron chi connectivity index (χ1n) is 6.91. The largest absolute Gasteiger partial charge is 0.493 e. The minimum Gasteiger partial charge on any atom is -0.493 e. The Morgan fingerprint density at radius 1 is 1.26 bits per heavy atom. The highest BCUT2D eigenvalue weighted by Gasteiger charge is 2.15. The molecule has 0 aromatic heterocycles. The Morgan fingerprint density at radius 3 is 2.68 bits per heavy atom. The first-order valence-corrected chi connectivity index (χ1v) is 6.91. The SMILES string of the molecule is CC(C)(C#N)CCCCOc1ccccc1CCN. The van der Waals surface area contributed by atoms with Gasteiger partial charge in [-0.25, -0.2) is 0 Å². The summed E-state index contributed by atoms with van der Waals surface area (Å²) in [5, 5.41) is 8.93. The third-order valence-electron chi connectivity index (χ3n) is 3.14. The van der Waals surface area contributed by atoms with E-state index in [1.807, 2.05) is 32.0 Å². The molecule has 0 aliphatic rings. The average Bonchev–Trinajstić information content (AvgIpc) is 2.40. The molecule has 0 atom stereocenters. The van der Waals surface area contributed by atoms with E-state index in [1.54, 1.807) is 0 Å². The van der Waals surface area contributed by atoms with Crippen molar-refractivity contribution in [2.24, 2.45) is 11.1 Å². The maximum absolute atomic E-state index is 8.93. The molecule has 2 N–H and O–H groups in total. The van der Waals surface area contributed by atoms with Gasteiger partial charge in [0.25, 0.3) is 0 Å². The van der Waals surface area contributed by atoms with Crippen LogP contribution in [0.5, 0.6) is 5.75 Å². The van der Waals surface area contributed by atoms with E-state index >= 15 is 0 Å². The van der Waals surface area contributed by atoms with E-state index < -0.39 is 0 Å². The number of para-hydroxylation sites is 1. The second-order valence-corrected chi connectivity index (χ2v) is 5.45. The Hall–Kier alpha value is -1.53. The normalized spacial score (nSPS) is 11.1. The standard InChI is InChI=1S/C16H24N2O/c1-16(2,13-18)10-5-6-12-19-15-8-4-3-7-14(15)9-11-17/h3-4,7-8H,5-6,9-12,17H2,1-2H3. The fourth-order valence-corrected chi connectivity index (χ4v) is 1.91. The summed E-state index contributed by atoms with van der Waals surface area (Å²) in [4.78, 5) is 0. The maximum atomic E-state index is 8.93. The monoisotopic (exact) mass is 260 g/mol. The lowest BCUT2D eigenvalue weighted by Gasteiger charge is -2.15. The molecule has 0 heterocycles. The van der Waals surface area contributed by atoms with Crippen molar-refractivity contribution in [3.05, 3.63) is 29.8 Å². The zero-order valence-corrected chi connectivity index (χ0v) is 12.0. The third kappa shape index (κ3) is 5.76. The van der Waals surface area contributed by atoms with Gasteiger partial charge in [-0.1, -0.05) is 18.2 Å². The number of nitrogens with two attached hydrogens (primary N) is 1. The molecule has 0 saturated carbocycles.